The molecule has 0 bridgehead atoms. The number of nitrogens with one attached hydrogen (secondary N) is 1. The van der Waals surface area contributed by atoms with E-state index in [0.29, 0.717) is 5.52 Å². The summed E-state index contributed by atoms with van der Waals surface area (Å²) >= 11 is 0. The van der Waals surface area contributed by atoms with Crippen LogP contribution in [0.25, 0.3) is 11.0 Å². The van der Waals surface area contributed by atoms with E-state index in [0.717, 1.165) is 0 Å². The number of ether oxygens (including phenoxy) is 1. The van der Waals surface area contributed by atoms with E-state index in [9.17, 15) is 13.2 Å². The van der Waals surface area contributed by atoms with E-state index in [1.54, 1.807) is 18.2 Å². The highest BCUT2D eigenvalue weighted by molar-refractivity contribution is 7.87. The van der Waals surface area contributed by atoms with Gasteiger partial charge in [0.05, 0.1) is 18.3 Å². The number of esters is 1. The average Bonchev–Trinajstić information content (AvgIpc) is 3.00. The molecule has 0 spiro atoms. The third-order valence-corrected chi connectivity index (χ3v) is 4.56. The number of imidazole rings is 1. The molecule has 1 aromatic heterocycles. The Morgan fingerprint density at radius 2 is 1.88 bits per heavy atom. The van der Waals surface area contributed by atoms with Gasteiger partial charge in [-0.3, -0.25) is 0 Å². The fourth-order valence-electron chi connectivity index (χ4n) is 2.14. The highest BCUT2D eigenvalue weighted by Crippen LogP contribution is 2.29. The van der Waals surface area contributed by atoms with Crippen LogP contribution >= 0.6 is 0 Å². The molecule has 3 aromatic rings. The Kier molecular flexibility index (Phi) is 3.86. The average molecular weight is 347 g/mol. The normalized spacial score (nSPS) is 11.4. The SMILES string of the molecule is COC(=O)c1nc2c(N)c(S(=O)(=O)Oc3ccccc3)ccc2[nH]1. The summed E-state index contributed by atoms with van der Waals surface area (Å²) in [5.41, 5.74) is 6.36. The number of nitrogen functional groups attached to an aromatic ring is 1. The summed E-state index contributed by atoms with van der Waals surface area (Å²) < 4.78 is 34.5. The lowest BCUT2D eigenvalue weighted by Gasteiger charge is -2.09. The number of fused-ring (bicyclic) bond motifs is 1. The van der Waals surface area contributed by atoms with Crippen molar-refractivity contribution in [3.8, 4) is 5.75 Å². The van der Waals surface area contributed by atoms with Gasteiger partial charge in [0.25, 0.3) is 0 Å². The second-order valence-electron chi connectivity index (χ2n) is 4.80. The molecule has 24 heavy (non-hydrogen) atoms. The molecule has 0 aliphatic carbocycles. The molecule has 3 rings (SSSR count). The molecule has 2 aromatic carbocycles. The number of H-pyrrole nitrogens is 1. The van der Waals surface area contributed by atoms with Crippen LogP contribution in [0.1, 0.15) is 10.6 Å². The quantitative estimate of drug-likeness (QED) is 0.418. The molecule has 0 aliphatic heterocycles. The molecular formula is C15H13N3O5S. The molecule has 0 unspecified atom stereocenters. The zero-order valence-corrected chi connectivity index (χ0v) is 13.3. The first-order valence-corrected chi connectivity index (χ1v) is 8.19. The van der Waals surface area contributed by atoms with Gasteiger partial charge in [-0.25, -0.2) is 9.78 Å². The Morgan fingerprint density at radius 1 is 1.17 bits per heavy atom. The summed E-state index contributed by atoms with van der Waals surface area (Å²) in [5, 5.41) is 0. The number of methoxy groups -OCH3 is 1. The summed E-state index contributed by atoms with van der Waals surface area (Å²) in [6.45, 7) is 0. The molecule has 0 fully saturated rings. The summed E-state index contributed by atoms with van der Waals surface area (Å²) in [4.78, 5) is 18.0. The number of nitrogens with two attached hydrogens (primary N) is 1. The number of para-hydroxylation sites is 1. The van der Waals surface area contributed by atoms with E-state index in [2.05, 4.69) is 14.7 Å². The Balaban J connectivity index is 2.06. The highest BCUT2D eigenvalue weighted by Gasteiger charge is 2.23. The lowest BCUT2D eigenvalue weighted by molar-refractivity contribution is 0.0588. The Hall–Kier alpha value is -3.07. The van der Waals surface area contributed by atoms with Crippen molar-refractivity contribution in [3.63, 3.8) is 0 Å². The van der Waals surface area contributed by atoms with Crippen molar-refractivity contribution in [1.29, 1.82) is 0 Å². The standard InChI is InChI=1S/C15H13N3O5S/c1-22-15(19)14-17-10-7-8-11(12(16)13(10)18-14)24(20,21)23-9-5-3-2-4-6-9/h2-8H,16H2,1H3,(H,17,18). The molecule has 3 N–H and O–H groups in total. The maximum absolute atomic E-state index is 12.4. The lowest BCUT2D eigenvalue weighted by atomic mass is 10.3. The Morgan fingerprint density at radius 3 is 2.54 bits per heavy atom. The van der Waals surface area contributed by atoms with Crippen molar-refractivity contribution in [2.75, 3.05) is 12.8 Å². The van der Waals surface area contributed by atoms with E-state index in [1.807, 2.05) is 0 Å². The van der Waals surface area contributed by atoms with Crippen molar-refractivity contribution in [2.45, 2.75) is 4.90 Å². The topological polar surface area (TPSA) is 124 Å². The second kappa shape index (κ2) is 5.85. The minimum absolute atomic E-state index is 0.0716. The number of rotatable bonds is 4. The number of nitrogens with zero attached hydrogens (tertiary/aromatic N) is 1. The van der Waals surface area contributed by atoms with Gasteiger partial charge in [0.2, 0.25) is 5.82 Å². The van der Waals surface area contributed by atoms with E-state index >= 15 is 0 Å². The van der Waals surface area contributed by atoms with Gasteiger partial charge in [0, 0.05) is 0 Å². The predicted octanol–water partition coefficient (Wildman–Crippen LogP) is 1.70. The van der Waals surface area contributed by atoms with Crippen molar-refractivity contribution >= 4 is 32.8 Å². The monoisotopic (exact) mass is 347 g/mol. The first-order chi connectivity index (χ1) is 11.4. The predicted molar refractivity (Wildman–Crippen MR) is 86.1 cm³/mol. The minimum atomic E-state index is -4.15. The molecule has 0 amide bonds. The largest absolute Gasteiger partial charge is 0.463 e. The van der Waals surface area contributed by atoms with Gasteiger partial charge in [0.1, 0.15) is 16.2 Å². The van der Waals surface area contributed by atoms with Crippen LogP contribution in [0.4, 0.5) is 5.69 Å². The zero-order chi connectivity index (χ0) is 17.3. The summed E-state index contributed by atoms with van der Waals surface area (Å²) in [5.74, 6) is -0.595. The highest BCUT2D eigenvalue weighted by atomic mass is 32.2. The van der Waals surface area contributed by atoms with Gasteiger partial charge in [-0.05, 0) is 24.3 Å². The summed E-state index contributed by atoms with van der Waals surface area (Å²) in [6.07, 6.45) is 0. The van der Waals surface area contributed by atoms with Crippen molar-refractivity contribution in [1.82, 2.24) is 9.97 Å². The van der Waals surface area contributed by atoms with Crippen LogP contribution in [0.2, 0.25) is 0 Å². The van der Waals surface area contributed by atoms with Gasteiger partial charge in [-0.15, -0.1) is 0 Å². The fraction of sp³-hybridized carbons (Fsp3) is 0.0667. The third-order valence-electron chi connectivity index (χ3n) is 3.25. The number of aromatic amines is 1. The maximum Gasteiger partial charge on any atom is 0.374 e. The van der Waals surface area contributed by atoms with Gasteiger partial charge >= 0.3 is 16.1 Å². The zero-order valence-electron chi connectivity index (χ0n) is 12.5. The number of carbonyl (C=O) groups excluding carboxylic acids is 1. The number of hydrogen-bond acceptors (Lipinski definition) is 7. The van der Waals surface area contributed by atoms with Crippen molar-refractivity contribution < 1.29 is 22.1 Å². The maximum atomic E-state index is 12.4. The van der Waals surface area contributed by atoms with E-state index in [-0.39, 0.29) is 27.7 Å². The summed E-state index contributed by atoms with van der Waals surface area (Å²) in [7, 11) is -2.94. The van der Waals surface area contributed by atoms with Crippen molar-refractivity contribution in [2.24, 2.45) is 0 Å². The Labute approximate surface area is 137 Å². The number of anilines is 1. The number of carbonyl (C=O) groups is 1. The van der Waals surface area contributed by atoms with E-state index in [1.165, 1.54) is 31.4 Å². The van der Waals surface area contributed by atoms with Crippen LogP contribution in [-0.2, 0) is 14.9 Å². The molecule has 0 saturated carbocycles. The van der Waals surface area contributed by atoms with Crippen molar-refractivity contribution in [3.05, 3.63) is 48.3 Å². The lowest BCUT2D eigenvalue weighted by Crippen LogP contribution is -2.12. The van der Waals surface area contributed by atoms with E-state index in [4.69, 9.17) is 9.92 Å². The molecule has 9 heteroatoms. The fourth-order valence-corrected chi connectivity index (χ4v) is 3.19. The molecule has 0 saturated heterocycles. The second-order valence-corrected chi connectivity index (χ2v) is 6.32. The van der Waals surface area contributed by atoms with Crippen LogP contribution in [0.3, 0.4) is 0 Å². The van der Waals surface area contributed by atoms with Crippen LogP contribution < -0.4 is 9.92 Å². The minimum Gasteiger partial charge on any atom is -0.463 e. The summed E-state index contributed by atoms with van der Waals surface area (Å²) in [6, 6.07) is 10.8. The number of aromatic nitrogens is 2. The smallest absolute Gasteiger partial charge is 0.374 e. The third kappa shape index (κ3) is 2.76. The first-order valence-electron chi connectivity index (χ1n) is 6.78. The number of benzene rings is 2. The van der Waals surface area contributed by atoms with Gasteiger partial charge in [-0.2, -0.15) is 8.42 Å². The van der Waals surface area contributed by atoms with Crippen LogP contribution in [0, 0.1) is 0 Å². The van der Waals surface area contributed by atoms with Gasteiger partial charge < -0.3 is 19.6 Å². The number of hydrogen-bond donors (Lipinski definition) is 2. The van der Waals surface area contributed by atoms with Gasteiger partial charge in [-0.1, -0.05) is 18.2 Å². The molecular weight excluding hydrogens is 334 g/mol. The molecule has 0 radical (unpaired) electrons. The molecule has 1 heterocycles. The first kappa shape index (κ1) is 15.8. The van der Waals surface area contributed by atoms with Crippen LogP contribution in [0.5, 0.6) is 5.75 Å². The molecule has 0 aliphatic rings. The van der Waals surface area contributed by atoms with Crippen LogP contribution in [0.15, 0.2) is 47.4 Å². The molecule has 124 valence electrons. The molecule has 0 atom stereocenters. The van der Waals surface area contributed by atoms with Crippen LogP contribution in [-0.4, -0.2) is 31.5 Å². The molecule has 8 nitrogen and oxygen atoms in total. The Bertz CT molecular complexity index is 1010. The van der Waals surface area contributed by atoms with Gasteiger partial charge in [0.15, 0.2) is 0 Å². The van der Waals surface area contributed by atoms with E-state index < -0.39 is 16.1 Å².